The third-order valence-electron chi connectivity index (χ3n) is 5.48. The molecule has 0 radical (unpaired) electrons. The molecule has 36 heavy (non-hydrogen) atoms. The summed E-state index contributed by atoms with van der Waals surface area (Å²) in [5.74, 6) is -0.495. The van der Waals surface area contributed by atoms with Crippen LogP contribution >= 0.6 is 0 Å². The number of methoxy groups -OCH3 is 3. The molecule has 0 spiro atoms. The highest BCUT2D eigenvalue weighted by Crippen LogP contribution is 2.50. The fraction of sp³-hybridized carbons (Fsp3) is 0.185. The molecule has 1 heterocycles. The topological polar surface area (TPSA) is 92.0 Å². The number of carbonyl (C=O) groups is 1. The number of benzene rings is 3. The van der Waals surface area contributed by atoms with Gasteiger partial charge in [-0.1, -0.05) is 42.5 Å². The predicted octanol–water partition coefficient (Wildman–Crippen LogP) is 4.89. The molecule has 1 N–H and O–H groups in total. The number of aliphatic carboxylic acids is 1. The molecule has 0 atom stereocenters. The Morgan fingerprint density at radius 3 is 2.31 bits per heavy atom. The van der Waals surface area contributed by atoms with Crippen LogP contribution in [0.2, 0.25) is 0 Å². The van der Waals surface area contributed by atoms with Gasteiger partial charge in [0.25, 0.3) is 0 Å². The number of halogens is 1. The maximum Gasteiger partial charge on any atom is 0.341 e. The largest absolute Gasteiger partial charge is 0.493 e. The molecule has 0 amide bonds. The summed E-state index contributed by atoms with van der Waals surface area (Å²) in [4.78, 5) is 11.3. The van der Waals surface area contributed by atoms with E-state index in [0.717, 1.165) is 5.56 Å². The predicted molar refractivity (Wildman–Crippen MR) is 131 cm³/mol. The number of ether oxygens (including phenoxy) is 4. The van der Waals surface area contributed by atoms with E-state index in [1.807, 2.05) is 30.3 Å². The summed E-state index contributed by atoms with van der Waals surface area (Å²) in [7, 11) is 4.37. The molecule has 4 aromatic rings. The van der Waals surface area contributed by atoms with Gasteiger partial charge < -0.3 is 24.1 Å². The molecule has 1 aromatic heterocycles. The molecule has 8 nitrogen and oxygen atoms in total. The first-order valence-corrected chi connectivity index (χ1v) is 11.0. The van der Waals surface area contributed by atoms with E-state index < -0.39 is 12.6 Å². The summed E-state index contributed by atoms with van der Waals surface area (Å²) in [6.45, 7) is -0.180. The van der Waals surface area contributed by atoms with E-state index in [9.17, 15) is 14.3 Å². The van der Waals surface area contributed by atoms with Crippen molar-refractivity contribution >= 4 is 5.97 Å². The number of hydrogen-bond donors (Lipinski definition) is 1. The van der Waals surface area contributed by atoms with E-state index in [0.29, 0.717) is 40.6 Å². The molecule has 0 aliphatic rings. The van der Waals surface area contributed by atoms with E-state index in [1.54, 1.807) is 22.9 Å². The van der Waals surface area contributed by atoms with Gasteiger partial charge in [-0.2, -0.15) is 5.10 Å². The summed E-state index contributed by atoms with van der Waals surface area (Å²) < 4.78 is 38.1. The standard InChI is InChI=1S/C27H25FN2O6/c1-33-23-14-22(36-16-24(31)32)25(27(35-3)26(23)34-2)20-13-21(18-10-7-11-19(28)12-18)30(29-20)15-17-8-5-4-6-9-17/h4-14H,15-16H2,1-3H3,(H,31,32). The van der Waals surface area contributed by atoms with E-state index >= 15 is 0 Å². The molecule has 4 rings (SSSR count). The number of carboxylic acid groups (broad SMARTS) is 1. The molecule has 0 saturated heterocycles. The summed E-state index contributed by atoms with van der Waals surface area (Å²) >= 11 is 0. The smallest absolute Gasteiger partial charge is 0.341 e. The van der Waals surface area contributed by atoms with Crippen molar-refractivity contribution in [3.05, 3.63) is 78.1 Å². The quantitative estimate of drug-likeness (QED) is 0.337. The molecule has 9 heteroatoms. The minimum Gasteiger partial charge on any atom is -0.493 e. The van der Waals surface area contributed by atoms with Crippen molar-refractivity contribution in [2.45, 2.75) is 6.54 Å². The number of carboxylic acids is 1. The molecule has 0 bridgehead atoms. The fourth-order valence-corrected chi connectivity index (χ4v) is 3.93. The van der Waals surface area contributed by atoms with Crippen LogP contribution in [0.5, 0.6) is 23.0 Å². The molecule has 0 fully saturated rings. The van der Waals surface area contributed by atoms with Gasteiger partial charge in [0, 0.05) is 11.6 Å². The lowest BCUT2D eigenvalue weighted by Gasteiger charge is -2.18. The Bertz CT molecular complexity index is 1370. The fourth-order valence-electron chi connectivity index (χ4n) is 3.93. The number of hydrogen-bond acceptors (Lipinski definition) is 6. The van der Waals surface area contributed by atoms with Gasteiger partial charge in [-0.25, -0.2) is 9.18 Å². The van der Waals surface area contributed by atoms with Gasteiger partial charge in [0.2, 0.25) is 5.75 Å². The number of rotatable bonds is 10. The maximum absolute atomic E-state index is 14.1. The van der Waals surface area contributed by atoms with Gasteiger partial charge in [0.05, 0.1) is 39.1 Å². The van der Waals surface area contributed by atoms with Gasteiger partial charge in [0.15, 0.2) is 18.1 Å². The van der Waals surface area contributed by atoms with Gasteiger partial charge >= 0.3 is 5.97 Å². The molecule has 186 valence electrons. The van der Waals surface area contributed by atoms with E-state index in [4.69, 9.17) is 24.0 Å². The second kappa shape index (κ2) is 10.8. The zero-order valence-electron chi connectivity index (χ0n) is 20.0. The Kier molecular flexibility index (Phi) is 7.39. The van der Waals surface area contributed by atoms with Crippen molar-refractivity contribution < 1.29 is 33.2 Å². The summed E-state index contributed by atoms with van der Waals surface area (Å²) in [6, 6.07) is 19.2. The summed E-state index contributed by atoms with van der Waals surface area (Å²) in [6.07, 6.45) is 0. The Morgan fingerprint density at radius 1 is 0.917 bits per heavy atom. The maximum atomic E-state index is 14.1. The normalized spacial score (nSPS) is 10.7. The molecule has 3 aromatic carbocycles. The average Bonchev–Trinajstić information content (AvgIpc) is 3.29. The van der Waals surface area contributed by atoms with Crippen LogP contribution in [-0.4, -0.2) is 48.8 Å². The minimum absolute atomic E-state index is 0.182. The Hall–Kier alpha value is -4.53. The van der Waals surface area contributed by atoms with Crippen LogP contribution in [0.4, 0.5) is 4.39 Å². The minimum atomic E-state index is -1.15. The summed E-state index contributed by atoms with van der Waals surface area (Å²) in [5, 5.41) is 14.0. The third-order valence-corrected chi connectivity index (χ3v) is 5.48. The molecule has 0 saturated carbocycles. The molecular weight excluding hydrogens is 467 g/mol. The Balaban J connectivity index is 1.95. The van der Waals surface area contributed by atoms with Crippen molar-refractivity contribution in [3.8, 4) is 45.5 Å². The summed E-state index contributed by atoms with van der Waals surface area (Å²) in [5.41, 5.74) is 3.06. The lowest BCUT2D eigenvalue weighted by Crippen LogP contribution is -2.11. The number of nitrogens with zero attached hydrogens (tertiary/aromatic N) is 2. The first-order chi connectivity index (χ1) is 17.4. The zero-order chi connectivity index (χ0) is 25.7. The Morgan fingerprint density at radius 2 is 1.67 bits per heavy atom. The molecule has 0 aliphatic heterocycles. The highest BCUT2D eigenvalue weighted by atomic mass is 19.1. The van der Waals surface area contributed by atoms with Crippen molar-refractivity contribution in [1.82, 2.24) is 9.78 Å². The highest BCUT2D eigenvalue weighted by molar-refractivity contribution is 5.83. The van der Waals surface area contributed by atoms with Crippen molar-refractivity contribution in [2.75, 3.05) is 27.9 Å². The molecule has 0 unspecified atom stereocenters. The van der Waals surface area contributed by atoms with Crippen LogP contribution in [0.3, 0.4) is 0 Å². The van der Waals surface area contributed by atoms with E-state index in [-0.39, 0.29) is 17.3 Å². The molecular formula is C27H25FN2O6. The van der Waals surface area contributed by atoms with Crippen molar-refractivity contribution in [1.29, 1.82) is 0 Å². The van der Waals surface area contributed by atoms with Crippen LogP contribution in [0.25, 0.3) is 22.5 Å². The van der Waals surface area contributed by atoms with Crippen LogP contribution in [0.1, 0.15) is 5.56 Å². The zero-order valence-corrected chi connectivity index (χ0v) is 20.0. The van der Waals surface area contributed by atoms with Crippen LogP contribution < -0.4 is 18.9 Å². The first kappa shape index (κ1) is 24.6. The highest BCUT2D eigenvalue weighted by Gasteiger charge is 2.26. The second-order valence-electron chi connectivity index (χ2n) is 7.77. The molecule has 0 aliphatic carbocycles. The lowest BCUT2D eigenvalue weighted by atomic mass is 10.1. The second-order valence-corrected chi connectivity index (χ2v) is 7.77. The van der Waals surface area contributed by atoms with Crippen LogP contribution in [0.15, 0.2) is 66.7 Å². The number of aromatic nitrogens is 2. The van der Waals surface area contributed by atoms with E-state index in [1.165, 1.54) is 39.5 Å². The Labute approximate surface area is 207 Å². The SMILES string of the molecule is COc1cc(OCC(=O)O)c(-c2cc(-c3cccc(F)c3)n(Cc3ccccc3)n2)c(OC)c1OC. The van der Waals surface area contributed by atoms with Crippen molar-refractivity contribution in [2.24, 2.45) is 0 Å². The van der Waals surface area contributed by atoms with Crippen molar-refractivity contribution in [3.63, 3.8) is 0 Å². The third kappa shape index (κ3) is 5.10. The average molecular weight is 493 g/mol. The van der Waals surface area contributed by atoms with Gasteiger partial charge in [-0.3, -0.25) is 4.68 Å². The first-order valence-electron chi connectivity index (χ1n) is 11.0. The van der Waals surface area contributed by atoms with Crippen LogP contribution in [0, 0.1) is 5.82 Å². The van der Waals surface area contributed by atoms with Crippen LogP contribution in [-0.2, 0) is 11.3 Å². The van der Waals surface area contributed by atoms with Gasteiger partial charge in [-0.15, -0.1) is 0 Å². The van der Waals surface area contributed by atoms with Gasteiger partial charge in [-0.05, 0) is 23.8 Å². The monoisotopic (exact) mass is 492 g/mol. The van der Waals surface area contributed by atoms with E-state index in [2.05, 4.69) is 0 Å². The lowest BCUT2D eigenvalue weighted by molar-refractivity contribution is -0.139. The van der Waals surface area contributed by atoms with Gasteiger partial charge in [0.1, 0.15) is 17.3 Å².